The fourth-order valence-electron chi connectivity index (χ4n) is 7.06. The van der Waals surface area contributed by atoms with Crippen molar-refractivity contribution in [1.82, 2.24) is 0 Å². The predicted octanol–water partition coefficient (Wildman–Crippen LogP) is 7.66. The molecule has 6 unspecified atom stereocenters. The normalized spacial score (nSPS) is 45.6. The number of halogens is 9. The highest BCUT2D eigenvalue weighted by atomic mass is 19.4. The third-order valence-corrected chi connectivity index (χ3v) is 9.05. The Hall–Kier alpha value is -0.750. The van der Waals surface area contributed by atoms with E-state index in [0.717, 1.165) is 45.1 Å². The Bertz CT molecular complexity index is 729. The van der Waals surface area contributed by atoms with Gasteiger partial charge in [0.05, 0.1) is 12.2 Å². The summed E-state index contributed by atoms with van der Waals surface area (Å²) in [5.74, 6) is -1.90. The molecular weight excluding hydrogens is 531 g/mol. The van der Waals surface area contributed by atoms with Gasteiger partial charge in [-0.25, -0.2) is 17.6 Å². The van der Waals surface area contributed by atoms with Crippen LogP contribution in [-0.4, -0.2) is 62.1 Å². The molecule has 4 rings (SSSR count). The Morgan fingerprint density at radius 3 is 1.68 bits per heavy atom. The van der Waals surface area contributed by atoms with Gasteiger partial charge in [0, 0.05) is 19.4 Å². The van der Waals surface area contributed by atoms with Gasteiger partial charge in [0.25, 0.3) is 0 Å². The topological polar surface area (TPSA) is 27.7 Å². The smallest absolute Gasteiger partial charge is 0.378 e. The zero-order valence-corrected chi connectivity index (χ0v) is 21.3. The molecule has 4 aliphatic rings. The van der Waals surface area contributed by atoms with Gasteiger partial charge in [-0.05, 0) is 75.0 Å². The molecule has 3 aliphatic carbocycles. The van der Waals surface area contributed by atoms with Crippen molar-refractivity contribution >= 4 is 0 Å². The molecule has 3 nitrogen and oxygen atoms in total. The molecule has 1 saturated heterocycles. The van der Waals surface area contributed by atoms with E-state index in [1.807, 2.05) is 0 Å². The monoisotopic (exact) mass is 568 g/mol. The summed E-state index contributed by atoms with van der Waals surface area (Å²) >= 11 is 0. The summed E-state index contributed by atoms with van der Waals surface area (Å²) in [7, 11) is 0. The fraction of sp³-hybridized carbons (Fsp3) is 1.00. The van der Waals surface area contributed by atoms with Crippen LogP contribution in [0.25, 0.3) is 0 Å². The van der Waals surface area contributed by atoms with Crippen LogP contribution < -0.4 is 0 Å². The first-order valence-electron chi connectivity index (χ1n) is 13.7. The van der Waals surface area contributed by atoms with E-state index < -0.39 is 74.0 Å². The molecule has 0 radical (unpaired) electrons. The van der Waals surface area contributed by atoms with Crippen LogP contribution in [0.3, 0.4) is 0 Å². The van der Waals surface area contributed by atoms with Crippen LogP contribution in [0.5, 0.6) is 0 Å². The Kier molecular flexibility index (Phi) is 9.55. The highest BCUT2D eigenvalue weighted by Crippen LogP contribution is 2.49. The van der Waals surface area contributed by atoms with Crippen molar-refractivity contribution in [2.24, 2.45) is 29.6 Å². The van der Waals surface area contributed by atoms with Crippen LogP contribution in [0.1, 0.15) is 71.1 Å². The van der Waals surface area contributed by atoms with E-state index in [1.54, 1.807) is 0 Å². The molecule has 0 aromatic carbocycles. The molecule has 0 spiro atoms. The quantitative estimate of drug-likeness (QED) is 0.308. The van der Waals surface area contributed by atoms with E-state index in [9.17, 15) is 30.7 Å². The lowest BCUT2D eigenvalue weighted by Crippen LogP contribution is -2.53. The second-order valence-electron chi connectivity index (χ2n) is 11.9. The van der Waals surface area contributed by atoms with Crippen LogP contribution >= 0.6 is 0 Å². The predicted molar refractivity (Wildman–Crippen MR) is 119 cm³/mol. The molecule has 3 saturated carbocycles. The molecule has 0 aromatic rings. The van der Waals surface area contributed by atoms with Gasteiger partial charge < -0.3 is 9.47 Å². The second kappa shape index (κ2) is 12.0. The lowest BCUT2D eigenvalue weighted by atomic mass is 9.67. The summed E-state index contributed by atoms with van der Waals surface area (Å²) in [5.41, 5.74) is 0. The van der Waals surface area contributed by atoms with E-state index in [1.165, 1.54) is 0 Å². The van der Waals surface area contributed by atoms with Crippen LogP contribution in [-0.2, 0) is 14.2 Å². The van der Waals surface area contributed by atoms with E-state index in [0.29, 0.717) is 11.8 Å². The summed E-state index contributed by atoms with van der Waals surface area (Å²) in [4.78, 5) is 0. The second-order valence-corrected chi connectivity index (χ2v) is 11.9. The van der Waals surface area contributed by atoms with Gasteiger partial charge in [-0.2, -0.15) is 8.78 Å². The highest BCUT2D eigenvalue weighted by molar-refractivity contribution is 4.96. The Morgan fingerprint density at radius 1 is 0.632 bits per heavy atom. The lowest BCUT2D eigenvalue weighted by molar-refractivity contribution is -0.366. The molecule has 12 heteroatoms. The SMILES string of the molecule is CC1CCC(C2CCC(C3CC(F)C(C(F)(F)OC4CC(F)C(OC(F)(F)F)C(F)C4)C(F)C3)CC2)OC1. The number of hydrogen-bond donors (Lipinski definition) is 0. The molecule has 222 valence electrons. The van der Waals surface area contributed by atoms with Crippen LogP contribution in [0.15, 0.2) is 0 Å². The minimum atomic E-state index is -5.31. The zero-order chi connectivity index (χ0) is 27.8. The Balaban J connectivity index is 1.28. The van der Waals surface area contributed by atoms with Crippen molar-refractivity contribution in [2.75, 3.05) is 6.61 Å². The maximum Gasteiger partial charge on any atom is 0.522 e. The summed E-state index contributed by atoms with van der Waals surface area (Å²) < 4.78 is 139. The highest BCUT2D eigenvalue weighted by Gasteiger charge is 2.57. The number of ether oxygens (including phenoxy) is 3. The van der Waals surface area contributed by atoms with Crippen molar-refractivity contribution in [2.45, 2.75) is 127 Å². The maximum absolute atomic E-state index is 15.0. The zero-order valence-electron chi connectivity index (χ0n) is 21.3. The first-order valence-corrected chi connectivity index (χ1v) is 13.7. The van der Waals surface area contributed by atoms with Gasteiger partial charge in [0.1, 0.15) is 36.7 Å². The van der Waals surface area contributed by atoms with E-state index >= 15 is 8.78 Å². The van der Waals surface area contributed by atoms with E-state index in [4.69, 9.17) is 4.74 Å². The van der Waals surface area contributed by atoms with E-state index in [-0.39, 0.29) is 24.9 Å². The van der Waals surface area contributed by atoms with E-state index in [2.05, 4.69) is 16.4 Å². The Labute approximate surface area is 217 Å². The van der Waals surface area contributed by atoms with Gasteiger partial charge in [-0.3, -0.25) is 4.74 Å². The molecule has 1 aliphatic heterocycles. The lowest BCUT2D eigenvalue weighted by Gasteiger charge is -2.44. The summed E-state index contributed by atoms with van der Waals surface area (Å²) in [6.07, 6.45) is -20.6. The number of rotatable bonds is 6. The van der Waals surface area contributed by atoms with Gasteiger partial charge in [0.15, 0.2) is 0 Å². The summed E-state index contributed by atoms with van der Waals surface area (Å²) in [5, 5.41) is 0. The van der Waals surface area contributed by atoms with Crippen LogP contribution in [0, 0.1) is 29.6 Å². The van der Waals surface area contributed by atoms with Crippen molar-refractivity contribution < 1.29 is 53.7 Å². The van der Waals surface area contributed by atoms with Crippen molar-refractivity contribution in [3.8, 4) is 0 Å². The van der Waals surface area contributed by atoms with Crippen molar-refractivity contribution in [1.29, 1.82) is 0 Å². The molecule has 1 heterocycles. The average Bonchev–Trinajstić information content (AvgIpc) is 2.80. The van der Waals surface area contributed by atoms with Crippen LogP contribution in [0.2, 0.25) is 0 Å². The van der Waals surface area contributed by atoms with Crippen LogP contribution in [0.4, 0.5) is 39.5 Å². The third kappa shape index (κ3) is 7.30. The fourth-order valence-corrected chi connectivity index (χ4v) is 7.06. The number of hydrogen-bond acceptors (Lipinski definition) is 3. The van der Waals surface area contributed by atoms with Gasteiger partial charge in [-0.1, -0.05) is 6.92 Å². The molecule has 4 fully saturated rings. The summed E-state index contributed by atoms with van der Waals surface area (Å²) in [6.45, 7) is 2.88. The molecule has 0 aromatic heterocycles. The molecule has 0 amide bonds. The third-order valence-electron chi connectivity index (χ3n) is 9.05. The minimum Gasteiger partial charge on any atom is -0.378 e. The molecule has 6 atom stereocenters. The largest absolute Gasteiger partial charge is 0.522 e. The first kappa shape index (κ1) is 30.2. The Morgan fingerprint density at radius 2 is 1.18 bits per heavy atom. The molecular formula is C26H37F9O3. The molecule has 38 heavy (non-hydrogen) atoms. The van der Waals surface area contributed by atoms with Gasteiger partial charge in [0.2, 0.25) is 0 Å². The average molecular weight is 569 g/mol. The minimum absolute atomic E-state index is 0.0178. The van der Waals surface area contributed by atoms with Crippen molar-refractivity contribution in [3.05, 3.63) is 0 Å². The maximum atomic E-state index is 15.0. The molecule has 0 N–H and O–H groups in total. The van der Waals surface area contributed by atoms with Gasteiger partial charge >= 0.3 is 12.5 Å². The first-order chi connectivity index (χ1) is 17.7. The molecule has 0 bridgehead atoms. The van der Waals surface area contributed by atoms with Gasteiger partial charge in [-0.15, -0.1) is 13.2 Å². The number of alkyl halides is 9. The standard InChI is InChI=1S/C26H37F9O3/c1-13-2-7-22(36-12-13)15-5-3-14(4-6-15)16-8-18(27)23(19(28)9-16)25(31,32)37-17-10-20(29)24(21(30)11-17)38-26(33,34)35/h13-24H,2-12H2,1H3. The van der Waals surface area contributed by atoms with Crippen molar-refractivity contribution in [3.63, 3.8) is 0 Å². The summed E-state index contributed by atoms with van der Waals surface area (Å²) in [6, 6.07) is 0.